The Hall–Kier alpha value is -1.91. The number of aromatic nitrogens is 4. The van der Waals surface area contributed by atoms with Crippen molar-refractivity contribution >= 4 is 0 Å². The van der Waals surface area contributed by atoms with Gasteiger partial charge in [0.1, 0.15) is 11.5 Å². The third-order valence-electron chi connectivity index (χ3n) is 2.09. The molecule has 0 spiro atoms. The predicted octanol–water partition coefficient (Wildman–Crippen LogP) is 0.962. The van der Waals surface area contributed by atoms with Gasteiger partial charge in [0.25, 0.3) is 5.56 Å². The van der Waals surface area contributed by atoms with Gasteiger partial charge in [-0.1, -0.05) is 0 Å². The van der Waals surface area contributed by atoms with Crippen LogP contribution in [-0.2, 0) is 6.54 Å². The first-order valence-corrected chi connectivity index (χ1v) is 4.81. The van der Waals surface area contributed by atoms with Gasteiger partial charge in [-0.05, 0) is 19.9 Å². The van der Waals surface area contributed by atoms with Crippen LogP contribution in [0.3, 0.4) is 0 Å². The van der Waals surface area contributed by atoms with Gasteiger partial charge in [0, 0.05) is 18.8 Å². The highest BCUT2D eigenvalue weighted by Crippen LogP contribution is 2.11. The molecule has 2 aromatic heterocycles. The second kappa shape index (κ2) is 3.68. The van der Waals surface area contributed by atoms with Crippen molar-refractivity contribution in [3.63, 3.8) is 0 Å². The molecular weight excluding hydrogens is 192 g/mol. The van der Waals surface area contributed by atoms with Crippen LogP contribution >= 0.6 is 0 Å². The van der Waals surface area contributed by atoms with E-state index in [0.717, 1.165) is 12.2 Å². The molecule has 78 valence electrons. The molecule has 1 N–H and O–H groups in total. The minimum Gasteiger partial charge on any atom is -0.311 e. The summed E-state index contributed by atoms with van der Waals surface area (Å²) in [6.45, 7) is 4.57. The molecule has 0 saturated carbocycles. The molecule has 0 amide bonds. The lowest BCUT2D eigenvalue weighted by atomic mass is 10.3. The largest absolute Gasteiger partial charge is 0.311 e. The van der Waals surface area contributed by atoms with Crippen molar-refractivity contribution in [3.8, 4) is 11.4 Å². The van der Waals surface area contributed by atoms with Crippen LogP contribution in [0, 0.1) is 6.92 Å². The van der Waals surface area contributed by atoms with E-state index in [1.54, 1.807) is 11.6 Å². The van der Waals surface area contributed by atoms with Gasteiger partial charge in [-0.3, -0.25) is 9.48 Å². The van der Waals surface area contributed by atoms with Crippen LogP contribution in [0.15, 0.2) is 23.1 Å². The van der Waals surface area contributed by atoms with Gasteiger partial charge in [-0.2, -0.15) is 5.10 Å². The maximum Gasteiger partial charge on any atom is 0.251 e. The van der Waals surface area contributed by atoms with Crippen molar-refractivity contribution < 1.29 is 0 Å². The third kappa shape index (κ3) is 1.96. The average Bonchev–Trinajstić information content (AvgIpc) is 2.64. The Kier molecular flexibility index (Phi) is 2.37. The van der Waals surface area contributed by atoms with E-state index >= 15 is 0 Å². The van der Waals surface area contributed by atoms with Crippen molar-refractivity contribution in [1.29, 1.82) is 0 Å². The average molecular weight is 204 g/mol. The molecule has 2 heterocycles. The molecule has 5 nitrogen and oxygen atoms in total. The van der Waals surface area contributed by atoms with Gasteiger partial charge in [0.15, 0.2) is 0 Å². The molecule has 2 aromatic rings. The number of H-pyrrole nitrogens is 1. The maximum atomic E-state index is 11.2. The molecule has 0 unspecified atom stereocenters. The topological polar surface area (TPSA) is 63.6 Å². The highest BCUT2D eigenvalue weighted by atomic mass is 16.1. The van der Waals surface area contributed by atoms with Gasteiger partial charge >= 0.3 is 0 Å². The Labute approximate surface area is 86.8 Å². The van der Waals surface area contributed by atoms with Gasteiger partial charge in [0.05, 0.1) is 5.69 Å². The monoisotopic (exact) mass is 204 g/mol. The normalized spacial score (nSPS) is 10.5. The highest BCUT2D eigenvalue weighted by Gasteiger charge is 2.04. The first-order valence-electron chi connectivity index (χ1n) is 4.81. The fourth-order valence-corrected chi connectivity index (χ4v) is 1.39. The van der Waals surface area contributed by atoms with Crippen LogP contribution in [0.2, 0.25) is 0 Å². The van der Waals surface area contributed by atoms with E-state index in [4.69, 9.17) is 0 Å². The molecule has 15 heavy (non-hydrogen) atoms. The van der Waals surface area contributed by atoms with E-state index in [1.165, 1.54) is 6.07 Å². The highest BCUT2D eigenvalue weighted by molar-refractivity contribution is 5.52. The van der Waals surface area contributed by atoms with Gasteiger partial charge in [-0.25, -0.2) is 4.98 Å². The zero-order valence-electron chi connectivity index (χ0n) is 8.69. The number of hydrogen-bond acceptors (Lipinski definition) is 3. The van der Waals surface area contributed by atoms with Crippen LogP contribution in [0.4, 0.5) is 0 Å². The summed E-state index contributed by atoms with van der Waals surface area (Å²) < 4.78 is 1.80. The molecule has 0 aliphatic heterocycles. The summed E-state index contributed by atoms with van der Waals surface area (Å²) in [6.07, 6.45) is 1.87. The van der Waals surface area contributed by atoms with Crippen LogP contribution in [0.5, 0.6) is 0 Å². The number of nitrogens with zero attached hydrogens (tertiary/aromatic N) is 3. The summed E-state index contributed by atoms with van der Waals surface area (Å²) in [6, 6.07) is 3.31. The van der Waals surface area contributed by atoms with Gasteiger partial charge in [0.2, 0.25) is 0 Å². The Bertz CT molecular complexity index is 526. The molecule has 2 rings (SSSR count). The molecule has 0 bridgehead atoms. The molecule has 0 atom stereocenters. The number of hydrogen-bond donors (Lipinski definition) is 1. The first kappa shape index (κ1) is 9.64. The SMILES string of the molecule is CCn1ccc(-c2cc(=O)[nH]c(C)n2)n1. The molecular formula is C10H12N4O. The van der Waals surface area contributed by atoms with Crippen LogP contribution < -0.4 is 5.56 Å². The second-order valence-electron chi connectivity index (χ2n) is 3.27. The minimum atomic E-state index is -0.149. The lowest BCUT2D eigenvalue weighted by Crippen LogP contribution is -2.08. The summed E-state index contributed by atoms with van der Waals surface area (Å²) >= 11 is 0. The van der Waals surface area contributed by atoms with E-state index in [2.05, 4.69) is 15.1 Å². The molecule has 0 aliphatic rings. The second-order valence-corrected chi connectivity index (χ2v) is 3.27. The summed E-state index contributed by atoms with van der Waals surface area (Å²) in [5.74, 6) is 0.601. The fraction of sp³-hybridized carbons (Fsp3) is 0.300. The third-order valence-corrected chi connectivity index (χ3v) is 2.09. The number of aromatic amines is 1. The van der Waals surface area contributed by atoms with Crippen molar-refractivity contribution in [1.82, 2.24) is 19.7 Å². The van der Waals surface area contributed by atoms with E-state index < -0.39 is 0 Å². The van der Waals surface area contributed by atoms with E-state index in [0.29, 0.717) is 11.5 Å². The molecule has 0 saturated heterocycles. The maximum absolute atomic E-state index is 11.2. The molecule has 0 radical (unpaired) electrons. The van der Waals surface area contributed by atoms with Crippen molar-refractivity contribution in [2.45, 2.75) is 20.4 Å². The Balaban J connectivity index is 2.48. The van der Waals surface area contributed by atoms with Gasteiger partial charge < -0.3 is 4.98 Å². The lowest BCUT2D eigenvalue weighted by Gasteiger charge is -1.97. The Morgan fingerprint density at radius 3 is 2.87 bits per heavy atom. The van der Waals surface area contributed by atoms with Crippen molar-refractivity contribution in [3.05, 3.63) is 34.5 Å². The van der Waals surface area contributed by atoms with Crippen LogP contribution in [0.1, 0.15) is 12.7 Å². The molecule has 0 aliphatic carbocycles. The summed E-state index contributed by atoms with van der Waals surface area (Å²) in [5.41, 5.74) is 1.19. The van der Waals surface area contributed by atoms with E-state index in [1.807, 2.05) is 19.2 Å². The van der Waals surface area contributed by atoms with Gasteiger partial charge in [-0.15, -0.1) is 0 Å². The smallest absolute Gasteiger partial charge is 0.251 e. The lowest BCUT2D eigenvalue weighted by molar-refractivity contribution is 0.661. The molecule has 5 heteroatoms. The van der Waals surface area contributed by atoms with Crippen LogP contribution in [-0.4, -0.2) is 19.7 Å². The van der Waals surface area contributed by atoms with Crippen molar-refractivity contribution in [2.75, 3.05) is 0 Å². The standard InChI is InChI=1S/C10H12N4O/c1-3-14-5-4-8(13-14)9-6-10(15)12-7(2)11-9/h4-6H,3H2,1-2H3,(H,11,12,15). The predicted molar refractivity (Wildman–Crippen MR) is 56.5 cm³/mol. The van der Waals surface area contributed by atoms with E-state index in [9.17, 15) is 4.79 Å². The Morgan fingerprint density at radius 2 is 2.27 bits per heavy atom. The Morgan fingerprint density at radius 1 is 1.47 bits per heavy atom. The van der Waals surface area contributed by atoms with Crippen molar-refractivity contribution in [2.24, 2.45) is 0 Å². The quantitative estimate of drug-likeness (QED) is 0.792. The molecule has 0 aromatic carbocycles. The summed E-state index contributed by atoms with van der Waals surface area (Å²) in [4.78, 5) is 18.1. The number of nitrogens with one attached hydrogen (secondary N) is 1. The fourth-order valence-electron chi connectivity index (χ4n) is 1.39. The van der Waals surface area contributed by atoms with E-state index in [-0.39, 0.29) is 5.56 Å². The first-order chi connectivity index (χ1) is 7.19. The summed E-state index contributed by atoms with van der Waals surface area (Å²) in [7, 11) is 0. The van der Waals surface area contributed by atoms with Crippen LogP contribution in [0.25, 0.3) is 11.4 Å². The molecule has 0 fully saturated rings. The minimum absolute atomic E-state index is 0.149. The number of aryl methyl sites for hydroxylation is 2. The zero-order valence-corrected chi connectivity index (χ0v) is 8.69. The zero-order chi connectivity index (χ0) is 10.8. The summed E-state index contributed by atoms with van der Waals surface area (Å²) in [5, 5.41) is 4.28. The number of rotatable bonds is 2.